The number of rotatable bonds is 1. The average Bonchev–Trinajstić information content (AvgIpc) is 2.47. The minimum atomic E-state index is -0.00958. The van der Waals surface area contributed by atoms with Crippen molar-refractivity contribution >= 4 is 0 Å². The van der Waals surface area contributed by atoms with E-state index < -0.39 is 0 Å². The molecule has 2 unspecified atom stereocenters. The van der Waals surface area contributed by atoms with E-state index in [-0.39, 0.29) is 11.6 Å². The molecule has 0 amide bonds. The van der Waals surface area contributed by atoms with Crippen LogP contribution in [-0.4, -0.2) is 18.2 Å². The highest BCUT2D eigenvalue weighted by molar-refractivity contribution is 4.97. The molecule has 1 saturated heterocycles. The molecule has 1 aliphatic heterocycles. The van der Waals surface area contributed by atoms with Crippen LogP contribution in [0.1, 0.15) is 51.9 Å². The fourth-order valence-corrected chi connectivity index (χ4v) is 3.07. The number of hydrogen-bond acceptors (Lipinski definition) is 2. The van der Waals surface area contributed by atoms with E-state index in [1.54, 1.807) is 0 Å². The predicted molar refractivity (Wildman–Crippen MR) is 58.1 cm³/mol. The number of hydrogen-bond donors (Lipinski definition) is 1. The second-order valence-electron chi connectivity index (χ2n) is 5.12. The Hall–Kier alpha value is -0.0800. The fourth-order valence-electron chi connectivity index (χ4n) is 3.07. The standard InChI is InChI=1S/C12H23NO/c1-12(11(13)8-9-14-12)10-6-4-2-3-5-7-10/h10-11H,2-9,13H2,1H3. The van der Waals surface area contributed by atoms with Gasteiger partial charge in [-0.3, -0.25) is 0 Å². The summed E-state index contributed by atoms with van der Waals surface area (Å²) < 4.78 is 5.92. The van der Waals surface area contributed by atoms with Crippen molar-refractivity contribution < 1.29 is 4.74 Å². The van der Waals surface area contributed by atoms with E-state index in [2.05, 4.69) is 6.92 Å². The van der Waals surface area contributed by atoms with Gasteiger partial charge in [0.25, 0.3) is 0 Å². The van der Waals surface area contributed by atoms with Gasteiger partial charge in [0.1, 0.15) is 0 Å². The zero-order chi connectivity index (χ0) is 10.0. The molecule has 2 fully saturated rings. The minimum absolute atomic E-state index is 0.00958. The normalized spacial score (nSPS) is 41.1. The van der Waals surface area contributed by atoms with Crippen LogP contribution in [0.25, 0.3) is 0 Å². The maximum absolute atomic E-state index is 6.17. The van der Waals surface area contributed by atoms with Gasteiger partial charge in [0.05, 0.1) is 5.60 Å². The van der Waals surface area contributed by atoms with E-state index in [1.807, 2.05) is 0 Å². The lowest BCUT2D eigenvalue weighted by molar-refractivity contribution is -0.0420. The van der Waals surface area contributed by atoms with Crippen LogP contribution in [0.2, 0.25) is 0 Å². The molecule has 2 aliphatic rings. The Labute approximate surface area is 87.2 Å². The van der Waals surface area contributed by atoms with Gasteiger partial charge in [-0.25, -0.2) is 0 Å². The van der Waals surface area contributed by atoms with E-state index in [0.717, 1.165) is 13.0 Å². The van der Waals surface area contributed by atoms with Gasteiger partial charge in [0.15, 0.2) is 0 Å². The Kier molecular flexibility index (Phi) is 3.13. The highest BCUT2D eigenvalue weighted by atomic mass is 16.5. The Morgan fingerprint density at radius 1 is 1.07 bits per heavy atom. The summed E-state index contributed by atoms with van der Waals surface area (Å²) >= 11 is 0. The third kappa shape index (κ3) is 1.82. The second-order valence-corrected chi connectivity index (χ2v) is 5.12. The highest BCUT2D eigenvalue weighted by Crippen LogP contribution is 2.39. The molecular weight excluding hydrogens is 174 g/mol. The van der Waals surface area contributed by atoms with Crippen LogP contribution in [0.4, 0.5) is 0 Å². The van der Waals surface area contributed by atoms with Crippen molar-refractivity contribution in [2.75, 3.05) is 6.61 Å². The summed E-state index contributed by atoms with van der Waals surface area (Å²) in [4.78, 5) is 0. The van der Waals surface area contributed by atoms with E-state index in [4.69, 9.17) is 10.5 Å². The van der Waals surface area contributed by atoms with Crippen LogP contribution in [0.15, 0.2) is 0 Å². The first-order valence-corrected chi connectivity index (χ1v) is 6.13. The van der Waals surface area contributed by atoms with Gasteiger partial charge < -0.3 is 10.5 Å². The highest BCUT2D eigenvalue weighted by Gasteiger charge is 2.43. The van der Waals surface area contributed by atoms with E-state index in [9.17, 15) is 0 Å². The van der Waals surface area contributed by atoms with Crippen molar-refractivity contribution in [3.8, 4) is 0 Å². The first kappa shape index (κ1) is 10.4. The summed E-state index contributed by atoms with van der Waals surface area (Å²) in [5.41, 5.74) is 6.16. The Morgan fingerprint density at radius 3 is 2.21 bits per heavy atom. The summed E-state index contributed by atoms with van der Waals surface area (Å²) in [5, 5.41) is 0. The smallest absolute Gasteiger partial charge is 0.0833 e. The second kappa shape index (κ2) is 4.19. The molecule has 82 valence electrons. The van der Waals surface area contributed by atoms with Crippen LogP contribution >= 0.6 is 0 Å². The van der Waals surface area contributed by atoms with Gasteiger partial charge in [-0.05, 0) is 32.1 Å². The van der Waals surface area contributed by atoms with Gasteiger partial charge in [-0.15, -0.1) is 0 Å². The SMILES string of the molecule is CC1(C2CCCCCC2)OCCC1N. The van der Waals surface area contributed by atoms with Gasteiger partial charge in [0, 0.05) is 12.6 Å². The quantitative estimate of drug-likeness (QED) is 0.655. The Morgan fingerprint density at radius 2 is 1.71 bits per heavy atom. The molecule has 14 heavy (non-hydrogen) atoms. The summed E-state index contributed by atoms with van der Waals surface area (Å²) in [6.45, 7) is 3.11. The first-order valence-electron chi connectivity index (χ1n) is 6.13. The van der Waals surface area contributed by atoms with Gasteiger partial charge >= 0.3 is 0 Å². The van der Waals surface area contributed by atoms with E-state index >= 15 is 0 Å². The van der Waals surface area contributed by atoms with Gasteiger partial charge in [0.2, 0.25) is 0 Å². The first-order chi connectivity index (χ1) is 6.73. The maximum atomic E-state index is 6.17. The van der Waals surface area contributed by atoms with Crippen LogP contribution in [0, 0.1) is 5.92 Å². The van der Waals surface area contributed by atoms with Crippen LogP contribution in [0.3, 0.4) is 0 Å². The lowest BCUT2D eigenvalue weighted by atomic mass is 9.79. The molecule has 1 saturated carbocycles. The maximum Gasteiger partial charge on any atom is 0.0833 e. The van der Waals surface area contributed by atoms with Crippen LogP contribution in [-0.2, 0) is 4.74 Å². The molecule has 0 bridgehead atoms. The molecule has 0 radical (unpaired) electrons. The topological polar surface area (TPSA) is 35.2 Å². The molecule has 2 heteroatoms. The van der Waals surface area contributed by atoms with Crippen LogP contribution in [0.5, 0.6) is 0 Å². The van der Waals surface area contributed by atoms with Crippen molar-refractivity contribution in [3.05, 3.63) is 0 Å². The zero-order valence-electron chi connectivity index (χ0n) is 9.30. The monoisotopic (exact) mass is 197 g/mol. The lowest BCUT2D eigenvalue weighted by Crippen LogP contribution is -2.48. The molecule has 0 spiro atoms. The van der Waals surface area contributed by atoms with Gasteiger partial charge in [-0.2, -0.15) is 0 Å². The van der Waals surface area contributed by atoms with Crippen molar-refractivity contribution in [2.45, 2.75) is 63.5 Å². The number of ether oxygens (including phenoxy) is 1. The molecule has 2 rings (SSSR count). The Bertz CT molecular complexity index is 187. The third-order valence-electron chi connectivity index (χ3n) is 4.24. The molecular formula is C12H23NO. The van der Waals surface area contributed by atoms with E-state index in [1.165, 1.54) is 38.5 Å². The van der Waals surface area contributed by atoms with Gasteiger partial charge in [-0.1, -0.05) is 25.7 Å². The van der Waals surface area contributed by atoms with Crippen molar-refractivity contribution in [3.63, 3.8) is 0 Å². The molecule has 2 N–H and O–H groups in total. The van der Waals surface area contributed by atoms with E-state index in [0.29, 0.717) is 5.92 Å². The zero-order valence-corrected chi connectivity index (χ0v) is 9.30. The molecule has 1 heterocycles. The average molecular weight is 197 g/mol. The largest absolute Gasteiger partial charge is 0.373 e. The Balaban J connectivity index is 2.03. The summed E-state index contributed by atoms with van der Waals surface area (Å²) in [6.07, 6.45) is 9.25. The molecule has 0 aromatic carbocycles. The van der Waals surface area contributed by atoms with Crippen molar-refractivity contribution in [1.82, 2.24) is 0 Å². The summed E-state index contributed by atoms with van der Waals surface area (Å²) in [6, 6.07) is 0.269. The van der Waals surface area contributed by atoms with Crippen molar-refractivity contribution in [1.29, 1.82) is 0 Å². The lowest BCUT2D eigenvalue weighted by Gasteiger charge is -2.36. The third-order valence-corrected chi connectivity index (χ3v) is 4.24. The predicted octanol–water partition coefficient (Wildman–Crippen LogP) is 2.46. The fraction of sp³-hybridized carbons (Fsp3) is 1.00. The molecule has 0 aromatic heterocycles. The molecule has 2 atom stereocenters. The summed E-state index contributed by atoms with van der Waals surface area (Å²) in [7, 11) is 0. The molecule has 0 aromatic rings. The van der Waals surface area contributed by atoms with Crippen LogP contribution < -0.4 is 5.73 Å². The number of nitrogens with two attached hydrogens (primary N) is 1. The molecule has 1 aliphatic carbocycles. The molecule has 2 nitrogen and oxygen atoms in total. The minimum Gasteiger partial charge on any atom is -0.373 e. The summed E-state index contributed by atoms with van der Waals surface area (Å²) in [5.74, 6) is 0.711. The van der Waals surface area contributed by atoms with Crippen molar-refractivity contribution in [2.24, 2.45) is 11.7 Å².